The van der Waals surface area contributed by atoms with Gasteiger partial charge in [0.25, 0.3) is 0 Å². The predicted octanol–water partition coefficient (Wildman–Crippen LogP) is 2.14. The van der Waals surface area contributed by atoms with Gasteiger partial charge < -0.3 is 52.1 Å². The van der Waals surface area contributed by atoms with Gasteiger partial charge in [-0.05, 0) is 33.3 Å². The van der Waals surface area contributed by atoms with Gasteiger partial charge in [-0.2, -0.15) is 0 Å². The molecule has 4 heterocycles. The van der Waals surface area contributed by atoms with Gasteiger partial charge in [0.05, 0.1) is 13.2 Å². The minimum Gasteiger partial charge on any atom is -0.463 e. The first kappa shape index (κ1) is 33.7. The fourth-order valence-electron chi connectivity index (χ4n) is 5.97. The number of esters is 3. The van der Waals surface area contributed by atoms with Crippen LogP contribution in [0.4, 0.5) is 0 Å². The summed E-state index contributed by atoms with van der Waals surface area (Å²) in [5, 5.41) is 0. The molecule has 0 aliphatic carbocycles. The summed E-state index contributed by atoms with van der Waals surface area (Å²) in [4.78, 5) is 36.2. The van der Waals surface area contributed by atoms with E-state index in [1.54, 1.807) is 27.7 Å². The third kappa shape index (κ3) is 8.19. The van der Waals surface area contributed by atoms with Crippen molar-refractivity contribution in [3.8, 4) is 0 Å². The van der Waals surface area contributed by atoms with Gasteiger partial charge in [0.1, 0.15) is 43.2 Å². The fourth-order valence-corrected chi connectivity index (χ4v) is 5.97. The Labute approximate surface area is 261 Å². The molecule has 45 heavy (non-hydrogen) atoms. The molecule has 0 saturated carbocycles. The third-order valence-corrected chi connectivity index (χ3v) is 7.61. The molecule has 5 rings (SSSR count). The molecule has 4 saturated heterocycles. The average molecular weight is 639 g/mol. The zero-order valence-corrected chi connectivity index (χ0v) is 26.5. The summed E-state index contributed by atoms with van der Waals surface area (Å²) < 4.78 is 66.1. The molecule has 0 amide bonds. The maximum Gasteiger partial charge on any atom is 0.303 e. The number of hydrogen-bond donors (Lipinski definition) is 0. The van der Waals surface area contributed by atoms with Crippen molar-refractivity contribution in [1.82, 2.24) is 0 Å². The Kier molecular flexibility index (Phi) is 10.2. The van der Waals surface area contributed by atoms with Gasteiger partial charge in [0.15, 0.2) is 36.4 Å². The normalized spacial score (nSPS) is 36.4. The van der Waals surface area contributed by atoms with E-state index in [0.29, 0.717) is 0 Å². The van der Waals surface area contributed by atoms with Crippen LogP contribution in [0.3, 0.4) is 0 Å². The van der Waals surface area contributed by atoms with Crippen molar-refractivity contribution in [1.29, 1.82) is 0 Å². The van der Waals surface area contributed by atoms with Gasteiger partial charge in [-0.15, -0.1) is 0 Å². The van der Waals surface area contributed by atoms with Crippen molar-refractivity contribution in [2.45, 2.75) is 128 Å². The highest BCUT2D eigenvalue weighted by molar-refractivity contribution is 5.68. The molecular formula is C31H42O14. The zero-order valence-electron chi connectivity index (χ0n) is 26.5. The lowest BCUT2D eigenvalue weighted by atomic mass is 9.97. The van der Waals surface area contributed by atoms with Crippen molar-refractivity contribution >= 4 is 17.9 Å². The van der Waals surface area contributed by atoms with E-state index < -0.39 is 90.9 Å². The molecule has 0 N–H and O–H groups in total. The number of benzene rings is 1. The van der Waals surface area contributed by atoms with Crippen LogP contribution in [0, 0.1) is 0 Å². The molecule has 4 aliphatic heterocycles. The Hall–Kier alpha value is -2.69. The second-order valence-corrected chi connectivity index (χ2v) is 12.3. The van der Waals surface area contributed by atoms with Gasteiger partial charge in [-0.1, -0.05) is 30.3 Å². The second kappa shape index (κ2) is 13.6. The Morgan fingerprint density at radius 3 is 1.96 bits per heavy atom. The summed E-state index contributed by atoms with van der Waals surface area (Å²) in [6.45, 7) is 10.5. The number of fused-ring (bicyclic) bond motifs is 3. The van der Waals surface area contributed by atoms with Crippen molar-refractivity contribution in [3.05, 3.63) is 35.9 Å². The van der Waals surface area contributed by atoms with Crippen LogP contribution in [0.25, 0.3) is 0 Å². The molecular weight excluding hydrogens is 596 g/mol. The van der Waals surface area contributed by atoms with Crippen molar-refractivity contribution in [2.75, 3.05) is 13.2 Å². The summed E-state index contributed by atoms with van der Waals surface area (Å²) in [7, 11) is 0. The van der Waals surface area contributed by atoms with Crippen LogP contribution in [0.5, 0.6) is 0 Å². The van der Waals surface area contributed by atoms with E-state index in [9.17, 15) is 14.4 Å². The minimum absolute atomic E-state index is 0.0885. The summed E-state index contributed by atoms with van der Waals surface area (Å²) >= 11 is 0. The molecule has 0 spiro atoms. The Bertz CT molecular complexity index is 1200. The lowest BCUT2D eigenvalue weighted by Crippen LogP contribution is -2.63. The molecule has 14 nitrogen and oxygen atoms in total. The van der Waals surface area contributed by atoms with Gasteiger partial charge in [-0.3, -0.25) is 14.4 Å². The fraction of sp³-hybridized carbons (Fsp3) is 0.710. The van der Waals surface area contributed by atoms with E-state index >= 15 is 0 Å². The maximum absolute atomic E-state index is 12.3. The van der Waals surface area contributed by atoms with Crippen LogP contribution in [0.2, 0.25) is 0 Å². The first-order valence-electron chi connectivity index (χ1n) is 15.0. The molecule has 0 radical (unpaired) electrons. The van der Waals surface area contributed by atoms with E-state index in [1.165, 1.54) is 20.8 Å². The van der Waals surface area contributed by atoms with Crippen molar-refractivity contribution in [2.24, 2.45) is 0 Å². The van der Waals surface area contributed by atoms with Gasteiger partial charge in [0, 0.05) is 20.8 Å². The third-order valence-electron chi connectivity index (χ3n) is 7.61. The first-order chi connectivity index (χ1) is 21.2. The smallest absolute Gasteiger partial charge is 0.303 e. The van der Waals surface area contributed by atoms with E-state index in [1.807, 2.05) is 30.3 Å². The molecule has 0 unspecified atom stereocenters. The number of carbonyl (C=O) groups excluding carboxylic acids is 3. The Morgan fingerprint density at radius 2 is 1.29 bits per heavy atom. The molecule has 1 aromatic rings. The molecule has 4 fully saturated rings. The lowest BCUT2D eigenvalue weighted by molar-refractivity contribution is -0.326. The van der Waals surface area contributed by atoms with Crippen molar-refractivity contribution < 1.29 is 66.5 Å². The van der Waals surface area contributed by atoms with Crippen LogP contribution >= 0.6 is 0 Å². The first-order valence-corrected chi connectivity index (χ1v) is 15.0. The lowest BCUT2D eigenvalue weighted by Gasteiger charge is -2.45. The van der Waals surface area contributed by atoms with Crippen LogP contribution < -0.4 is 0 Å². The number of rotatable bonds is 10. The number of carbonyl (C=O) groups is 3. The van der Waals surface area contributed by atoms with Gasteiger partial charge in [0.2, 0.25) is 0 Å². The molecule has 0 bridgehead atoms. The van der Waals surface area contributed by atoms with E-state index in [4.69, 9.17) is 52.1 Å². The molecule has 250 valence electrons. The predicted molar refractivity (Wildman–Crippen MR) is 150 cm³/mol. The Morgan fingerprint density at radius 1 is 0.667 bits per heavy atom. The SMILES string of the molecule is CC(=O)OC[C@H]1O[C@H](OC[C@H]2O[C@@H]3OC(C)(C)O[C@@H]3[C@H]3OC(C)(C)O[C@H]32)[C@H](OCc2ccccc2)[C@@H](OC(C)=O)[C@H]1OC(C)=O. The monoisotopic (exact) mass is 638 g/mol. The summed E-state index contributed by atoms with van der Waals surface area (Å²) in [5.74, 6) is -3.71. The summed E-state index contributed by atoms with van der Waals surface area (Å²) in [6.07, 6.45) is -8.77. The average Bonchev–Trinajstić information content (AvgIpc) is 3.45. The molecule has 1 aromatic carbocycles. The molecule has 0 aromatic heterocycles. The molecule has 4 aliphatic rings. The summed E-state index contributed by atoms with van der Waals surface area (Å²) in [5.41, 5.74) is 0.827. The Balaban J connectivity index is 1.41. The molecule has 10 atom stereocenters. The van der Waals surface area contributed by atoms with E-state index in [2.05, 4.69) is 0 Å². The highest BCUT2D eigenvalue weighted by Crippen LogP contribution is 2.44. The number of ether oxygens (including phenoxy) is 11. The van der Waals surface area contributed by atoms with Crippen LogP contribution in [-0.2, 0) is 73.1 Å². The van der Waals surface area contributed by atoms with E-state index in [-0.39, 0.29) is 19.8 Å². The zero-order chi connectivity index (χ0) is 32.5. The second-order valence-electron chi connectivity index (χ2n) is 12.3. The van der Waals surface area contributed by atoms with E-state index in [0.717, 1.165) is 5.56 Å². The highest BCUT2D eigenvalue weighted by atomic mass is 16.9. The number of hydrogen-bond acceptors (Lipinski definition) is 14. The van der Waals surface area contributed by atoms with Crippen LogP contribution in [0.1, 0.15) is 54.0 Å². The van der Waals surface area contributed by atoms with Crippen LogP contribution in [-0.4, -0.2) is 104 Å². The highest BCUT2D eigenvalue weighted by Gasteiger charge is 2.61. The van der Waals surface area contributed by atoms with Crippen LogP contribution in [0.15, 0.2) is 30.3 Å². The van der Waals surface area contributed by atoms with Gasteiger partial charge >= 0.3 is 17.9 Å². The molecule has 14 heteroatoms. The quantitative estimate of drug-likeness (QED) is 0.272. The maximum atomic E-state index is 12.3. The largest absolute Gasteiger partial charge is 0.463 e. The topological polar surface area (TPSA) is 153 Å². The minimum atomic E-state index is -1.20. The van der Waals surface area contributed by atoms with Gasteiger partial charge in [-0.25, -0.2) is 0 Å². The van der Waals surface area contributed by atoms with Crippen molar-refractivity contribution in [3.63, 3.8) is 0 Å². The standard InChI is InChI=1S/C31H42O14/c1-16(32)35-14-20-22(38-17(2)33)24(39-18(3)34)26(36-13-19-11-9-8-10-12-19)28(40-20)37-15-21-23-25(43-30(4,5)42-23)27-29(41-21)45-31(6,7)44-27/h8-12,20-29H,13-15H2,1-7H3/t20-,21-,22+,23+,24+,25+,26-,27-,28+,29-/m1/s1. The summed E-state index contributed by atoms with van der Waals surface area (Å²) in [6, 6.07) is 9.31.